The van der Waals surface area contributed by atoms with Gasteiger partial charge >= 0.3 is 0 Å². The van der Waals surface area contributed by atoms with Crippen LogP contribution < -0.4 is 5.32 Å². The lowest BCUT2D eigenvalue weighted by atomic mass is 9.94. The van der Waals surface area contributed by atoms with Gasteiger partial charge in [-0.1, -0.05) is 97.9 Å². The molecule has 2 heterocycles. The molecule has 3 atom stereocenters. The van der Waals surface area contributed by atoms with E-state index in [1.54, 1.807) is 4.90 Å². The lowest BCUT2D eigenvalue weighted by molar-refractivity contribution is -0.220. The molecule has 0 radical (unpaired) electrons. The SMILES string of the molecule is CCCNC(=O)[C@@H]1O[C@]2(c3ccccc3)CN(C(c3ccccc3)c3ccccc3)C(=O)[C@H]1O2. The van der Waals surface area contributed by atoms with E-state index in [-0.39, 0.29) is 24.4 Å². The van der Waals surface area contributed by atoms with Gasteiger partial charge in [0.25, 0.3) is 11.8 Å². The maximum atomic E-state index is 13.9. The Labute approximate surface area is 199 Å². The number of carbonyl (C=O) groups is 2. The summed E-state index contributed by atoms with van der Waals surface area (Å²) in [6.07, 6.45) is -1.25. The standard InChI is InChI=1S/C28H28N2O4/c1-2-18-29-26(31)24-25-27(32)30(19-28(33-24,34-25)22-16-10-5-11-17-22)23(20-12-6-3-7-13-20)21-14-8-4-9-15-21/h3-17,23-25H,2,18-19H2,1H3,(H,29,31)/t24-,25+,28-/m1/s1. The number of hydrogen-bond acceptors (Lipinski definition) is 4. The first-order valence-electron chi connectivity index (χ1n) is 11.7. The van der Waals surface area contributed by atoms with Gasteiger partial charge in [-0.05, 0) is 17.5 Å². The number of carbonyl (C=O) groups excluding carboxylic acids is 2. The maximum Gasteiger partial charge on any atom is 0.256 e. The van der Waals surface area contributed by atoms with Gasteiger partial charge in [0.05, 0.1) is 12.6 Å². The average Bonchev–Trinajstić information content (AvgIpc) is 3.24. The zero-order valence-electron chi connectivity index (χ0n) is 19.1. The largest absolute Gasteiger partial charge is 0.354 e. The smallest absolute Gasteiger partial charge is 0.256 e. The highest BCUT2D eigenvalue weighted by Crippen LogP contribution is 2.46. The summed E-state index contributed by atoms with van der Waals surface area (Å²) in [5.74, 6) is -1.80. The average molecular weight is 457 g/mol. The number of ether oxygens (including phenoxy) is 2. The van der Waals surface area contributed by atoms with Crippen molar-refractivity contribution in [3.8, 4) is 0 Å². The molecule has 0 aliphatic carbocycles. The number of nitrogens with one attached hydrogen (secondary N) is 1. The molecule has 0 unspecified atom stereocenters. The number of amides is 2. The lowest BCUT2D eigenvalue weighted by Gasteiger charge is -2.42. The van der Waals surface area contributed by atoms with E-state index in [2.05, 4.69) is 5.32 Å². The van der Waals surface area contributed by atoms with Crippen molar-refractivity contribution in [3.05, 3.63) is 108 Å². The van der Waals surface area contributed by atoms with Gasteiger partial charge in [0.1, 0.15) is 0 Å². The van der Waals surface area contributed by atoms with Crippen LogP contribution in [0, 0.1) is 0 Å². The van der Waals surface area contributed by atoms with Gasteiger partial charge in [-0.15, -0.1) is 0 Å². The van der Waals surface area contributed by atoms with Gasteiger partial charge in [0.2, 0.25) is 5.79 Å². The predicted molar refractivity (Wildman–Crippen MR) is 128 cm³/mol. The molecule has 2 aliphatic heterocycles. The van der Waals surface area contributed by atoms with E-state index in [1.165, 1.54) is 0 Å². The Kier molecular flexibility index (Phi) is 6.18. The van der Waals surface area contributed by atoms with Crippen LogP contribution in [0.2, 0.25) is 0 Å². The van der Waals surface area contributed by atoms with Crippen LogP contribution in [0.1, 0.15) is 36.1 Å². The van der Waals surface area contributed by atoms with Crippen LogP contribution in [0.5, 0.6) is 0 Å². The molecular formula is C28H28N2O4. The molecule has 3 aromatic rings. The summed E-state index contributed by atoms with van der Waals surface area (Å²) in [6.45, 7) is 2.66. The molecule has 2 bridgehead atoms. The van der Waals surface area contributed by atoms with Crippen molar-refractivity contribution in [2.24, 2.45) is 0 Å². The van der Waals surface area contributed by atoms with Crippen molar-refractivity contribution in [2.75, 3.05) is 13.1 Å². The van der Waals surface area contributed by atoms with Crippen LogP contribution in [-0.4, -0.2) is 42.0 Å². The second-order valence-electron chi connectivity index (χ2n) is 8.68. The summed E-state index contributed by atoms with van der Waals surface area (Å²) in [7, 11) is 0. The summed E-state index contributed by atoms with van der Waals surface area (Å²) in [6, 6.07) is 29.1. The molecule has 5 rings (SSSR count). The third kappa shape index (κ3) is 4.00. The fourth-order valence-corrected chi connectivity index (χ4v) is 4.78. The van der Waals surface area contributed by atoms with Crippen molar-refractivity contribution in [1.82, 2.24) is 10.2 Å². The van der Waals surface area contributed by atoms with Crippen LogP contribution in [0.15, 0.2) is 91.0 Å². The Bertz CT molecular complexity index is 1100. The molecule has 2 aliphatic rings. The van der Waals surface area contributed by atoms with Crippen LogP contribution >= 0.6 is 0 Å². The Balaban J connectivity index is 1.59. The molecule has 6 heteroatoms. The first-order valence-corrected chi connectivity index (χ1v) is 11.7. The van der Waals surface area contributed by atoms with E-state index in [9.17, 15) is 9.59 Å². The number of hydrogen-bond donors (Lipinski definition) is 1. The number of nitrogens with zero attached hydrogens (tertiary/aromatic N) is 1. The third-order valence-corrected chi connectivity index (χ3v) is 6.38. The van der Waals surface area contributed by atoms with E-state index in [0.29, 0.717) is 6.54 Å². The number of rotatable bonds is 7. The molecule has 0 saturated carbocycles. The normalized spacial score (nSPS) is 23.8. The molecular weight excluding hydrogens is 428 g/mol. The molecule has 1 N–H and O–H groups in total. The molecule has 0 aromatic heterocycles. The van der Waals surface area contributed by atoms with Gasteiger partial charge in [0.15, 0.2) is 12.2 Å². The minimum absolute atomic E-state index is 0.165. The van der Waals surface area contributed by atoms with Gasteiger partial charge < -0.3 is 19.7 Å². The number of fused-ring (bicyclic) bond motifs is 2. The molecule has 2 fully saturated rings. The Hall–Kier alpha value is -3.48. The number of morpholine rings is 1. The van der Waals surface area contributed by atoms with Crippen molar-refractivity contribution >= 4 is 11.8 Å². The molecule has 34 heavy (non-hydrogen) atoms. The van der Waals surface area contributed by atoms with E-state index in [4.69, 9.17) is 9.47 Å². The van der Waals surface area contributed by atoms with Crippen molar-refractivity contribution < 1.29 is 19.1 Å². The molecule has 0 spiro atoms. The second kappa shape index (κ2) is 9.41. The lowest BCUT2D eigenvalue weighted by Crippen LogP contribution is -2.55. The van der Waals surface area contributed by atoms with Gasteiger partial charge in [-0.25, -0.2) is 0 Å². The van der Waals surface area contributed by atoms with E-state index >= 15 is 0 Å². The Morgan fingerprint density at radius 3 is 2.06 bits per heavy atom. The molecule has 3 aromatic carbocycles. The van der Waals surface area contributed by atoms with Crippen LogP contribution in [0.4, 0.5) is 0 Å². The summed E-state index contributed by atoms with van der Waals surface area (Å²) in [4.78, 5) is 28.7. The third-order valence-electron chi connectivity index (χ3n) is 6.38. The maximum absolute atomic E-state index is 13.9. The molecule has 2 saturated heterocycles. The topological polar surface area (TPSA) is 67.9 Å². The van der Waals surface area contributed by atoms with Gasteiger partial charge in [0, 0.05) is 12.1 Å². The summed E-state index contributed by atoms with van der Waals surface area (Å²) in [5, 5.41) is 2.87. The predicted octanol–water partition coefficient (Wildman–Crippen LogP) is 3.78. The van der Waals surface area contributed by atoms with E-state index < -0.39 is 18.0 Å². The van der Waals surface area contributed by atoms with Gasteiger partial charge in [-0.3, -0.25) is 9.59 Å². The van der Waals surface area contributed by atoms with Crippen molar-refractivity contribution in [2.45, 2.75) is 37.4 Å². The highest BCUT2D eigenvalue weighted by Gasteiger charge is 2.61. The Morgan fingerprint density at radius 2 is 1.50 bits per heavy atom. The molecule has 6 nitrogen and oxygen atoms in total. The minimum atomic E-state index is -1.23. The first kappa shape index (κ1) is 22.3. The minimum Gasteiger partial charge on any atom is -0.354 e. The zero-order valence-corrected chi connectivity index (χ0v) is 19.1. The van der Waals surface area contributed by atoms with Crippen LogP contribution in [0.25, 0.3) is 0 Å². The van der Waals surface area contributed by atoms with Gasteiger partial charge in [-0.2, -0.15) is 0 Å². The summed E-state index contributed by atoms with van der Waals surface area (Å²) in [5.41, 5.74) is 2.75. The molecule has 2 amide bonds. The fourth-order valence-electron chi connectivity index (χ4n) is 4.78. The quantitative estimate of drug-likeness (QED) is 0.588. The molecule has 174 valence electrons. The summed E-state index contributed by atoms with van der Waals surface area (Å²) >= 11 is 0. The number of benzene rings is 3. The van der Waals surface area contributed by atoms with Crippen molar-refractivity contribution in [1.29, 1.82) is 0 Å². The fraction of sp³-hybridized carbons (Fsp3) is 0.286. The second-order valence-corrected chi connectivity index (χ2v) is 8.68. The first-order chi connectivity index (χ1) is 16.6. The zero-order chi connectivity index (χ0) is 23.5. The van der Waals surface area contributed by atoms with E-state index in [1.807, 2.05) is 97.9 Å². The summed E-state index contributed by atoms with van der Waals surface area (Å²) < 4.78 is 12.6. The van der Waals surface area contributed by atoms with Crippen molar-refractivity contribution in [3.63, 3.8) is 0 Å². The monoisotopic (exact) mass is 456 g/mol. The van der Waals surface area contributed by atoms with E-state index in [0.717, 1.165) is 23.1 Å². The highest BCUT2D eigenvalue weighted by atomic mass is 16.8. The van der Waals surface area contributed by atoms with Crippen LogP contribution in [0.3, 0.4) is 0 Å². The Morgan fingerprint density at radius 1 is 0.941 bits per heavy atom. The van der Waals surface area contributed by atoms with Crippen LogP contribution in [-0.2, 0) is 24.8 Å². The highest BCUT2D eigenvalue weighted by molar-refractivity contribution is 5.93.